The highest BCUT2D eigenvalue weighted by Gasteiger charge is 2.55. The molecule has 1 N–H and O–H groups in total. The Labute approximate surface area is 202 Å². The Balaban J connectivity index is 1.53. The first kappa shape index (κ1) is 22.4. The second-order valence-corrected chi connectivity index (χ2v) is 9.64. The Bertz CT molecular complexity index is 1140. The molecule has 0 spiro atoms. The molecule has 174 valence electrons. The van der Waals surface area contributed by atoms with Crippen molar-refractivity contribution in [1.82, 2.24) is 4.90 Å². The van der Waals surface area contributed by atoms with Gasteiger partial charge in [-0.3, -0.25) is 10.2 Å². The van der Waals surface area contributed by atoms with Gasteiger partial charge in [0, 0.05) is 48.2 Å². The lowest BCUT2D eigenvalue weighted by molar-refractivity contribution is -0.126. The summed E-state index contributed by atoms with van der Waals surface area (Å²) in [5.74, 6) is 1.64. The van der Waals surface area contributed by atoms with Crippen molar-refractivity contribution in [2.45, 2.75) is 31.1 Å². The number of nitrogens with zero attached hydrogens (tertiary/aromatic N) is 1. The zero-order valence-corrected chi connectivity index (χ0v) is 19.9. The van der Waals surface area contributed by atoms with Gasteiger partial charge in [0.15, 0.2) is 0 Å². The van der Waals surface area contributed by atoms with Crippen molar-refractivity contribution >= 4 is 11.6 Å². The van der Waals surface area contributed by atoms with Gasteiger partial charge in [-0.1, -0.05) is 85.8 Å². The van der Waals surface area contributed by atoms with Crippen LogP contribution in [0.5, 0.6) is 5.75 Å². The van der Waals surface area contributed by atoms with Gasteiger partial charge in [0.1, 0.15) is 17.4 Å². The van der Waals surface area contributed by atoms with Crippen LogP contribution in [0.2, 0.25) is 0 Å². The van der Waals surface area contributed by atoms with Crippen molar-refractivity contribution < 1.29 is 9.53 Å². The second kappa shape index (κ2) is 9.09. The van der Waals surface area contributed by atoms with Crippen molar-refractivity contribution in [2.75, 3.05) is 20.2 Å². The molecule has 4 heteroatoms. The first-order valence-corrected chi connectivity index (χ1v) is 12.2. The minimum absolute atomic E-state index is 0.0700. The molecule has 1 saturated carbocycles. The Kier molecular flexibility index (Phi) is 5.99. The maximum Gasteiger partial charge on any atom is 0.138 e. The summed E-state index contributed by atoms with van der Waals surface area (Å²) in [6.45, 7) is 3.38. The molecule has 0 radical (unpaired) electrons. The standard InChI is InChI=1S/C30H32N2O2/c1-21(24-15-9-10-16-28(24)34-2)29(31)32-19-25-26(20-32)30(18-17-27(25)33,22-11-5-3-6-12-22)23-13-7-4-8-14-23/h3-16,21,25-26,31H,17-20H2,1-2H3/t21?,25-,26+/m0/s1. The van der Waals surface area contributed by atoms with Crippen LogP contribution in [-0.4, -0.2) is 36.7 Å². The SMILES string of the molecule is COc1ccccc1C(C)C(=N)N1C[C@@H]2C(=O)CCC(c3ccccc3)(c3ccccc3)[C@@H]2C1. The number of amidine groups is 1. The van der Waals surface area contributed by atoms with Gasteiger partial charge < -0.3 is 9.64 Å². The van der Waals surface area contributed by atoms with E-state index < -0.39 is 0 Å². The molecular weight excluding hydrogens is 420 g/mol. The molecule has 34 heavy (non-hydrogen) atoms. The minimum atomic E-state index is -0.232. The lowest BCUT2D eigenvalue weighted by atomic mass is 9.56. The summed E-state index contributed by atoms with van der Waals surface area (Å²) in [6.07, 6.45) is 1.39. The maximum absolute atomic E-state index is 13.2. The van der Waals surface area contributed by atoms with Crippen LogP contribution in [-0.2, 0) is 10.2 Å². The van der Waals surface area contributed by atoms with Crippen LogP contribution in [0.4, 0.5) is 0 Å². The number of rotatable bonds is 5. The first-order valence-electron chi connectivity index (χ1n) is 12.2. The highest BCUT2D eigenvalue weighted by atomic mass is 16.5. The summed E-state index contributed by atoms with van der Waals surface area (Å²) in [6, 6.07) is 29.3. The molecule has 2 aliphatic rings. The Morgan fingerprint density at radius 2 is 1.53 bits per heavy atom. The number of ketones is 1. The van der Waals surface area contributed by atoms with Crippen LogP contribution in [0.1, 0.15) is 42.4 Å². The number of benzene rings is 3. The fourth-order valence-electron chi connectivity index (χ4n) is 6.32. The monoisotopic (exact) mass is 452 g/mol. The number of carbonyl (C=O) groups is 1. The van der Waals surface area contributed by atoms with Crippen molar-refractivity contribution in [2.24, 2.45) is 11.8 Å². The normalized spacial score (nSPS) is 22.2. The average molecular weight is 453 g/mol. The molecule has 1 heterocycles. The van der Waals surface area contributed by atoms with Gasteiger partial charge in [0.2, 0.25) is 0 Å². The Morgan fingerprint density at radius 1 is 0.941 bits per heavy atom. The van der Waals surface area contributed by atoms with Gasteiger partial charge in [0.05, 0.1) is 7.11 Å². The number of para-hydroxylation sites is 1. The van der Waals surface area contributed by atoms with Crippen LogP contribution in [0, 0.1) is 17.2 Å². The first-order chi connectivity index (χ1) is 16.6. The predicted molar refractivity (Wildman–Crippen MR) is 136 cm³/mol. The van der Waals surface area contributed by atoms with Crippen molar-refractivity contribution in [3.8, 4) is 5.75 Å². The number of hydrogen-bond acceptors (Lipinski definition) is 3. The number of likely N-dealkylation sites (tertiary alicyclic amines) is 1. The van der Waals surface area contributed by atoms with Crippen molar-refractivity contribution in [3.05, 3.63) is 102 Å². The fraction of sp³-hybridized carbons (Fsp3) is 0.333. The van der Waals surface area contributed by atoms with E-state index >= 15 is 0 Å². The van der Waals surface area contributed by atoms with Gasteiger partial charge in [-0.05, 0) is 23.6 Å². The van der Waals surface area contributed by atoms with E-state index in [0.717, 1.165) is 17.7 Å². The summed E-state index contributed by atoms with van der Waals surface area (Å²) in [7, 11) is 1.67. The Hall–Kier alpha value is -3.40. The smallest absolute Gasteiger partial charge is 0.138 e. The third-order valence-corrected chi connectivity index (χ3v) is 8.07. The molecule has 1 saturated heterocycles. The molecule has 1 aliphatic heterocycles. The highest BCUT2D eigenvalue weighted by molar-refractivity contribution is 5.89. The van der Waals surface area contributed by atoms with E-state index in [2.05, 4.69) is 72.5 Å². The van der Waals surface area contributed by atoms with Crippen LogP contribution in [0.3, 0.4) is 0 Å². The number of methoxy groups -OCH3 is 1. The zero-order chi connectivity index (χ0) is 23.7. The summed E-state index contributed by atoms with van der Waals surface area (Å²) in [5.41, 5.74) is 3.32. The summed E-state index contributed by atoms with van der Waals surface area (Å²) in [5, 5.41) is 9.12. The van der Waals surface area contributed by atoms with Crippen LogP contribution < -0.4 is 4.74 Å². The lowest BCUT2D eigenvalue weighted by Gasteiger charge is -2.45. The van der Waals surface area contributed by atoms with E-state index in [1.807, 2.05) is 24.3 Å². The molecule has 2 fully saturated rings. The number of Topliss-reactive ketones (excluding diaryl/α,β-unsaturated/α-hetero) is 1. The molecule has 5 rings (SSSR count). The average Bonchev–Trinajstić information content (AvgIpc) is 3.36. The van der Waals surface area contributed by atoms with E-state index in [0.29, 0.717) is 31.1 Å². The predicted octanol–water partition coefficient (Wildman–Crippen LogP) is 5.67. The van der Waals surface area contributed by atoms with Crippen LogP contribution >= 0.6 is 0 Å². The molecule has 0 bridgehead atoms. The molecule has 1 unspecified atom stereocenters. The second-order valence-electron chi connectivity index (χ2n) is 9.64. The third kappa shape index (κ3) is 3.62. The Morgan fingerprint density at radius 3 is 2.15 bits per heavy atom. The molecule has 3 aromatic rings. The van der Waals surface area contributed by atoms with Gasteiger partial charge in [-0.15, -0.1) is 0 Å². The summed E-state index contributed by atoms with van der Waals surface area (Å²) < 4.78 is 5.57. The van der Waals surface area contributed by atoms with Gasteiger partial charge in [-0.25, -0.2) is 0 Å². The van der Waals surface area contributed by atoms with E-state index in [1.165, 1.54) is 11.1 Å². The lowest BCUT2D eigenvalue weighted by Crippen LogP contribution is -2.47. The quantitative estimate of drug-likeness (QED) is 0.401. The van der Waals surface area contributed by atoms with Gasteiger partial charge in [-0.2, -0.15) is 0 Å². The highest BCUT2D eigenvalue weighted by Crippen LogP contribution is 2.52. The molecule has 1 aliphatic carbocycles. The summed E-state index contributed by atoms with van der Waals surface area (Å²) >= 11 is 0. The van der Waals surface area contributed by atoms with E-state index in [4.69, 9.17) is 10.1 Å². The number of nitrogens with one attached hydrogen (secondary N) is 1. The van der Waals surface area contributed by atoms with Crippen LogP contribution in [0.15, 0.2) is 84.9 Å². The fourth-order valence-corrected chi connectivity index (χ4v) is 6.32. The van der Waals surface area contributed by atoms with Gasteiger partial charge >= 0.3 is 0 Å². The van der Waals surface area contributed by atoms with Crippen LogP contribution in [0.25, 0.3) is 0 Å². The molecule has 3 atom stereocenters. The maximum atomic E-state index is 13.2. The van der Waals surface area contributed by atoms with Crippen molar-refractivity contribution in [3.63, 3.8) is 0 Å². The van der Waals surface area contributed by atoms with E-state index in [-0.39, 0.29) is 23.2 Å². The number of fused-ring (bicyclic) bond motifs is 1. The number of ether oxygens (including phenoxy) is 1. The minimum Gasteiger partial charge on any atom is -0.496 e. The van der Waals surface area contributed by atoms with Gasteiger partial charge in [0.25, 0.3) is 0 Å². The van der Waals surface area contributed by atoms with Crippen molar-refractivity contribution in [1.29, 1.82) is 5.41 Å². The molecule has 0 aromatic heterocycles. The molecule has 0 amide bonds. The third-order valence-electron chi connectivity index (χ3n) is 8.07. The molecule has 3 aromatic carbocycles. The molecular formula is C30H32N2O2. The zero-order valence-electron chi connectivity index (χ0n) is 19.9. The largest absolute Gasteiger partial charge is 0.496 e. The summed E-state index contributed by atoms with van der Waals surface area (Å²) in [4.78, 5) is 15.4. The number of hydrogen-bond donors (Lipinski definition) is 1. The van der Waals surface area contributed by atoms with E-state index in [1.54, 1.807) is 7.11 Å². The van der Waals surface area contributed by atoms with E-state index in [9.17, 15) is 4.79 Å². The number of carbonyl (C=O) groups excluding carboxylic acids is 1. The molecule has 4 nitrogen and oxygen atoms in total. The topological polar surface area (TPSA) is 53.4 Å².